The van der Waals surface area contributed by atoms with Crippen LogP contribution in [0, 0.1) is 10.2 Å². The molecule has 0 aromatic heterocycles. The zero-order valence-corrected chi connectivity index (χ0v) is 2.98. The van der Waals surface area contributed by atoms with Crippen LogP contribution in [-0.2, 0) is 15.2 Å². The Morgan fingerprint density at radius 1 is 1.80 bits per heavy atom. The molecule has 2 nitrogen and oxygen atoms in total. The van der Waals surface area contributed by atoms with Crippen molar-refractivity contribution in [3.05, 3.63) is 0 Å². The van der Waals surface area contributed by atoms with E-state index in [-0.39, 0.29) is 44.7 Å². The van der Waals surface area contributed by atoms with Crippen molar-refractivity contribution in [2.45, 2.75) is 0 Å². The van der Waals surface area contributed by atoms with Crippen LogP contribution in [0.1, 0.15) is 0 Å². The van der Waals surface area contributed by atoms with E-state index >= 15 is 0 Å². The van der Waals surface area contributed by atoms with E-state index in [1.54, 1.807) is 4.97 Å². The molecule has 26 valence electrons. The third kappa shape index (κ3) is 11.3. The summed E-state index contributed by atoms with van der Waals surface area (Å²) >= 11 is 0.125. The van der Waals surface area contributed by atoms with Crippen molar-refractivity contribution in [1.29, 1.82) is 5.26 Å². The Balaban J connectivity index is 0. The predicted molar refractivity (Wildman–Crippen MR) is 16.9 cm³/mol. The number of nitrogens with two attached hydrogens (primary N) is 1. The summed E-state index contributed by atoms with van der Waals surface area (Å²) in [6, 6.07) is 0. The third-order valence-electron chi connectivity index (χ3n) is 0.0456. The van der Waals surface area contributed by atoms with Gasteiger partial charge >= 0.3 is 59.7 Å². The van der Waals surface area contributed by atoms with E-state index in [4.69, 9.17) is 5.26 Å². The van der Waals surface area contributed by atoms with Gasteiger partial charge in [0.15, 0.2) is 0 Å². The molecule has 0 atom stereocenters. The van der Waals surface area contributed by atoms with Crippen molar-refractivity contribution in [3.63, 3.8) is 0 Å². The zero-order valence-electron chi connectivity index (χ0n) is 1.88. The first-order valence-corrected chi connectivity index (χ1v) is 1.79. The van der Waals surface area contributed by atoms with E-state index in [2.05, 4.69) is 4.75 Å². The number of hydrogen-bond donors (Lipinski definition) is 1. The van der Waals surface area contributed by atoms with Gasteiger partial charge in [0.25, 0.3) is 0 Å². The van der Waals surface area contributed by atoms with E-state index in [0.29, 0.717) is 0 Å². The second-order valence-electron chi connectivity index (χ2n) is 0.181. The molecule has 0 bridgehead atoms. The molecule has 0 aliphatic rings. The van der Waals surface area contributed by atoms with E-state index in [9.17, 15) is 0 Å². The monoisotopic (exact) mass is 122 g/mol. The van der Waals surface area contributed by atoms with Crippen LogP contribution in [0.3, 0.4) is 0 Å². The molecule has 0 saturated carbocycles. The SMILES string of the molecule is N#[C][Fe][NH2].[NaH]. The van der Waals surface area contributed by atoms with Gasteiger partial charge in [-0.25, -0.2) is 0 Å². The molecule has 0 aromatic carbocycles. The van der Waals surface area contributed by atoms with Gasteiger partial charge in [0.2, 0.25) is 0 Å². The average molecular weight is 122 g/mol. The number of rotatable bonds is 0. The Hall–Kier alpha value is 0.969. The average Bonchev–Trinajstić information content (AvgIpc) is 1.37. The van der Waals surface area contributed by atoms with E-state index in [1.165, 1.54) is 0 Å². The first-order valence-electron chi connectivity index (χ1n) is 0.605. The predicted octanol–water partition coefficient (Wildman–Crippen LogP) is -1.22. The first-order chi connectivity index (χ1) is 1.91. The van der Waals surface area contributed by atoms with Crippen LogP contribution >= 0.6 is 0 Å². The van der Waals surface area contributed by atoms with Gasteiger partial charge in [0, 0.05) is 0 Å². The van der Waals surface area contributed by atoms with Gasteiger partial charge in [0.05, 0.1) is 0 Å². The molecule has 0 saturated heterocycles. The van der Waals surface area contributed by atoms with Crippen molar-refractivity contribution in [1.82, 2.24) is 0 Å². The minimum absolute atomic E-state index is 0. The van der Waals surface area contributed by atoms with Gasteiger partial charge < -0.3 is 0 Å². The summed E-state index contributed by atoms with van der Waals surface area (Å²) in [4.78, 5) is 1.71. The molecule has 0 aromatic rings. The van der Waals surface area contributed by atoms with Crippen molar-refractivity contribution >= 4 is 29.6 Å². The van der Waals surface area contributed by atoms with Crippen LogP contribution in [0.5, 0.6) is 0 Å². The van der Waals surface area contributed by atoms with E-state index in [1.807, 2.05) is 0 Å². The minimum atomic E-state index is 0. The summed E-state index contributed by atoms with van der Waals surface area (Å²) in [5.41, 5.74) is 0. The molecule has 0 aliphatic heterocycles. The molecule has 0 heterocycles. The van der Waals surface area contributed by atoms with Gasteiger partial charge in [-0.2, -0.15) is 0 Å². The van der Waals surface area contributed by atoms with Gasteiger partial charge in [-0.15, -0.1) is 0 Å². The first kappa shape index (κ1) is 9.36. The Bertz CT molecular complexity index is 39.4. The van der Waals surface area contributed by atoms with Crippen molar-refractivity contribution in [3.8, 4) is 4.97 Å². The maximum atomic E-state index is 7.50. The summed E-state index contributed by atoms with van der Waals surface area (Å²) in [7, 11) is 0. The standard InChI is InChI=1S/CN.Fe.H2N.Na.H/c1-2;;;;/h;;1H2;;/q;+1;-1;;. The van der Waals surface area contributed by atoms with Crippen molar-refractivity contribution in [2.24, 2.45) is 4.75 Å². The van der Waals surface area contributed by atoms with Crippen LogP contribution in [0.25, 0.3) is 0 Å². The quantitative estimate of drug-likeness (QED) is 0.409. The van der Waals surface area contributed by atoms with Crippen LogP contribution in [0.2, 0.25) is 0 Å². The molecular formula is CH3FeN2Na. The van der Waals surface area contributed by atoms with Crippen LogP contribution in [-0.4, -0.2) is 29.6 Å². The number of nitrogens with zero attached hydrogens (tertiary/aromatic N) is 1. The molecule has 0 spiro atoms. The Labute approximate surface area is 59.4 Å². The molecule has 0 rings (SSSR count). The second-order valence-corrected chi connectivity index (χ2v) is 0.747. The number of nitriles is 1. The molecule has 4 heteroatoms. The fourth-order valence-electron chi connectivity index (χ4n) is 0. The summed E-state index contributed by atoms with van der Waals surface area (Å²) in [6.07, 6.45) is 0. The Morgan fingerprint density at radius 3 is 2.00 bits per heavy atom. The van der Waals surface area contributed by atoms with E-state index < -0.39 is 0 Å². The molecule has 0 unspecified atom stereocenters. The molecule has 5 heavy (non-hydrogen) atoms. The van der Waals surface area contributed by atoms with Crippen molar-refractivity contribution in [2.75, 3.05) is 0 Å². The van der Waals surface area contributed by atoms with Gasteiger partial charge in [-0.3, -0.25) is 0 Å². The summed E-state index contributed by atoms with van der Waals surface area (Å²) in [5.74, 6) is 0. The molecule has 0 amide bonds. The normalized spacial score (nSPS) is 4.80. The Kier molecular flexibility index (Phi) is 16.6. The van der Waals surface area contributed by atoms with Crippen molar-refractivity contribution < 1.29 is 15.2 Å². The van der Waals surface area contributed by atoms with Crippen LogP contribution < -0.4 is 4.75 Å². The summed E-state index contributed by atoms with van der Waals surface area (Å²) < 4.78 is 4.67. The molecule has 0 radical (unpaired) electrons. The molecule has 0 aliphatic carbocycles. The Morgan fingerprint density at radius 2 is 2.00 bits per heavy atom. The van der Waals surface area contributed by atoms with Gasteiger partial charge in [-0.1, -0.05) is 0 Å². The van der Waals surface area contributed by atoms with Crippen LogP contribution in [0.4, 0.5) is 0 Å². The maximum absolute atomic E-state index is 7.50. The summed E-state index contributed by atoms with van der Waals surface area (Å²) in [5, 5.41) is 7.50. The molecular weight excluding hydrogens is 119 g/mol. The van der Waals surface area contributed by atoms with Gasteiger partial charge in [-0.05, 0) is 0 Å². The fourth-order valence-corrected chi connectivity index (χ4v) is 0. The summed E-state index contributed by atoms with van der Waals surface area (Å²) in [6.45, 7) is 0. The van der Waals surface area contributed by atoms with Crippen LogP contribution in [0.15, 0.2) is 0 Å². The van der Waals surface area contributed by atoms with Gasteiger partial charge in [0.1, 0.15) is 0 Å². The fraction of sp³-hybridized carbons (Fsp3) is 0. The molecule has 0 fully saturated rings. The zero-order chi connectivity index (χ0) is 3.41. The third-order valence-corrected chi connectivity index (χ3v) is 0.188. The topological polar surface area (TPSA) is 49.8 Å². The second kappa shape index (κ2) is 8.88. The number of hydrogen-bond acceptors (Lipinski definition) is 2. The molecule has 2 N–H and O–H groups in total. The van der Waals surface area contributed by atoms with E-state index in [0.717, 1.165) is 0 Å².